The minimum Gasteiger partial charge on any atom is -0.352 e. The fraction of sp³-hybridized carbons (Fsp3) is 0.417. The highest BCUT2D eigenvalue weighted by atomic mass is 32.2. The third kappa shape index (κ3) is 5.86. The standard InChI is InChI=1S/C24H30N2O2S/c1-24(2,3)23(28)26-15-9-11-19(17-26)22(27)25-16-18-10-7-8-14-21(18)29-20-12-5-4-6-13-20/h4-8,10,12-14,19H,9,11,15-17H2,1-3H3,(H,25,27). The Hall–Kier alpha value is -2.27. The molecule has 1 N–H and O–H groups in total. The molecule has 154 valence electrons. The summed E-state index contributed by atoms with van der Waals surface area (Å²) < 4.78 is 0. The van der Waals surface area contributed by atoms with E-state index in [1.165, 1.54) is 4.90 Å². The number of benzene rings is 2. The first-order chi connectivity index (χ1) is 13.8. The summed E-state index contributed by atoms with van der Waals surface area (Å²) in [5.41, 5.74) is 0.694. The van der Waals surface area contributed by atoms with Gasteiger partial charge in [0.2, 0.25) is 11.8 Å². The van der Waals surface area contributed by atoms with Gasteiger partial charge in [-0.2, -0.15) is 0 Å². The molecule has 1 fully saturated rings. The molecule has 4 nitrogen and oxygen atoms in total. The number of nitrogens with one attached hydrogen (secondary N) is 1. The van der Waals surface area contributed by atoms with Crippen LogP contribution in [0.15, 0.2) is 64.4 Å². The Labute approximate surface area is 178 Å². The lowest BCUT2D eigenvalue weighted by Gasteiger charge is -2.35. The van der Waals surface area contributed by atoms with Gasteiger partial charge in [0, 0.05) is 34.8 Å². The molecule has 1 unspecified atom stereocenters. The van der Waals surface area contributed by atoms with E-state index in [0.29, 0.717) is 13.1 Å². The topological polar surface area (TPSA) is 49.4 Å². The van der Waals surface area contributed by atoms with Crippen molar-refractivity contribution in [1.29, 1.82) is 0 Å². The summed E-state index contributed by atoms with van der Waals surface area (Å²) in [4.78, 5) is 29.6. The van der Waals surface area contributed by atoms with Crippen LogP contribution < -0.4 is 5.32 Å². The largest absolute Gasteiger partial charge is 0.352 e. The molecule has 2 aromatic rings. The van der Waals surface area contributed by atoms with Gasteiger partial charge in [0.25, 0.3) is 0 Å². The zero-order valence-electron chi connectivity index (χ0n) is 17.5. The fourth-order valence-corrected chi connectivity index (χ4v) is 4.51. The number of piperidine rings is 1. The van der Waals surface area contributed by atoms with Crippen LogP contribution in [0.1, 0.15) is 39.2 Å². The van der Waals surface area contributed by atoms with Crippen molar-refractivity contribution >= 4 is 23.6 Å². The summed E-state index contributed by atoms with van der Waals surface area (Å²) in [5.74, 6) is 0.0273. The summed E-state index contributed by atoms with van der Waals surface area (Å²) in [5, 5.41) is 3.10. The molecule has 5 heteroatoms. The van der Waals surface area contributed by atoms with Crippen molar-refractivity contribution in [1.82, 2.24) is 10.2 Å². The average molecular weight is 411 g/mol. The zero-order chi connectivity index (χ0) is 20.9. The summed E-state index contributed by atoms with van der Waals surface area (Å²) >= 11 is 1.70. The number of rotatable bonds is 5. The number of hydrogen-bond donors (Lipinski definition) is 1. The molecule has 0 aromatic heterocycles. The molecule has 1 heterocycles. The Morgan fingerprint density at radius 3 is 2.48 bits per heavy atom. The number of carbonyl (C=O) groups is 2. The van der Waals surface area contributed by atoms with Crippen LogP contribution in [0.25, 0.3) is 0 Å². The monoisotopic (exact) mass is 410 g/mol. The van der Waals surface area contributed by atoms with Crippen LogP contribution >= 0.6 is 11.8 Å². The van der Waals surface area contributed by atoms with Gasteiger partial charge in [0.05, 0.1) is 5.92 Å². The van der Waals surface area contributed by atoms with Crippen molar-refractivity contribution in [3.63, 3.8) is 0 Å². The first-order valence-electron chi connectivity index (χ1n) is 10.2. The molecule has 29 heavy (non-hydrogen) atoms. The molecule has 0 spiro atoms. The Morgan fingerprint density at radius 1 is 1.07 bits per heavy atom. The maximum atomic E-state index is 12.8. The maximum Gasteiger partial charge on any atom is 0.227 e. The smallest absolute Gasteiger partial charge is 0.227 e. The summed E-state index contributed by atoms with van der Waals surface area (Å²) in [6.45, 7) is 7.55. The molecule has 0 aliphatic carbocycles. The lowest BCUT2D eigenvalue weighted by atomic mass is 9.91. The average Bonchev–Trinajstić information content (AvgIpc) is 2.72. The van der Waals surface area contributed by atoms with E-state index >= 15 is 0 Å². The van der Waals surface area contributed by atoms with Gasteiger partial charge in [-0.15, -0.1) is 0 Å². The van der Waals surface area contributed by atoms with E-state index in [9.17, 15) is 9.59 Å². The summed E-state index contributed by atoms with van der Waals surface area (Å²) in [7, 11) is 0. The first-order valence-corrected chi connectivity index (χ1v) is 11.0. The van der Waals surface area contributed by atoms with Gasteiger partial charge in [-0.3, -0.25) is 9.59 Å². The number of hydrogen-bond acceptors (Lipinski definition) is 3. The molecule has 0 saturated carbocycles. The molecule has 0 bridgehead atoms. The van der Waals surface area contributed by atoms with E-state index in [2.05, 4.69) is 29.6 Å². The molecule has 0 radical (unpaired) electrons. The zero-order valence-corrected chi connectivity index (χ0v) is 18.3. The van der Waals surface area contributed by atoms with E-state index < -0.39 is 5.41 Å². The van der Waals surface area contributed by atoms with Crippen LogP contribution in [-0.4, -0.2) is 29.8 Å². The van der Waals surface area contributed by atoms with Gasteiger partial charge in [-0.05, 0) is 36.6 Å². The van der Waals surface area contributed by atoms with Crippen LogP contribution in [0.3, 0.4) is 0 Å². The maximum absolute atomic E-state index is 12.8. The van der Waals surface area contributed by atoms with Crippen LogP contribution in [0.5, 0.6) is 0 Å². The second kappa shape index (κ2) is 9.49. The first kappa shape index (κ1) is 21.4. The van der Waals surface area contributed by atoms with Gasteiger partial charge in [-0.1, -0.05) is 68.9 Å². The van der Waals surface area contributed by atoms with Crippen molar-refractivity contribution < 1.29 is 9.59 Å². The molecule has 2 amide bonds. The Morgan fingerprint density at radius 2 is 1.76 bits per heavy atom. The summed E-state index contributed by atoms with van der Waals surface area (Å²) in [6, 6.07) is 18.4. The van der Waals surface area contributed by atoms with Crippen molar-refractivity contribution in [2.75, 3.05) is 13.1 Å². The number of likely N-dealkylation sites (tertiary alicyclic amines) is 1. The van der Waals surface area contributed by atoms with Crippen molar-refractivity contribution in [3.8, 4) is 0 Å². The van der Waals surface area contributed by atoms with Crippen LogP contribution in [0.4, 0.5) is 0 Å². The molecule has 1 atom stereocenters. The fourth-order valence-electron chi connectivity index (χ4n) is 3.54. The predicted molar refractivity (Wildman–Crippen MR) is 118 cm³/mol. The van der Waals surface area contributed by atoms with Gasteiger partial charge in [0.15, 0.2) is 0 Å². The third-order valence-corrected chi connectivity index (χ3v) is 6.24. The van der Waals surface area contributed by atoms with Gasteiger partial charge >= 0.3 is 0 Å². The number of amides is 2. The second-order valence-corrected chi connectivity index (χ2v) is 9.70. The quantitative estimate of drug-likeness (QED) is 0.775. The summed E-state index contributed by atoms with van der Waals surface area (Å²) in [6.07, 6.45) is 1.71. The van der Waals surface area contributed by atoms with Crippen LogP contribution in [0, 0.1) is 11.3 Å². The lowest BCUT2D eigenvalue weighted by Crippen LogP contribution is -2.48. The molecule has 1 saturated heterocycles. The Kier molecular flexibility index (Phi) is 7.01. The Balaban J connectivity index is 1.60. The van der Waals surface area contributed by atoms with Crippen molar-refractivity contribution in [3.05, 3.63) is 60.2 Å². The SMILES string of the molecule is CC(C)(C)C(=O)N1CCCC(C(=O)NCc2ccccc2Sc2ccccc2)C1. The van der Waals surface area contributed by atoms with Gasteiger partial charge in [0.1, 0.15) is 0 Å². The van der Waals surface area contributed by atoms with E-state index in [-0.39, 0.29) is 17.7 Å². The highest BCUT2D eigenvalue weighted by molar-refractivity contribution is 7.99. The van der Waals surface area contributed by atoms with Gasteiger partial charge in [-0.25, -0.2) is 0 Å². The minimum atomic E-state index is -0.411. The minimum absolute atomic E-state index is 0.0379. The predicted octanol–water partition coefficient (Wildman–Crippen LogP) is 4.74. The molecular formula is C24H30N2O2S. The van der Waals surface area contributed by atoms with Gasteiger partial charge < -0.3 is 10.2 Å². The van der Waals surface area contributed by atoms with Crippen LogP contribution in [-0.2, 0) is 16.1 Å². The molecule has 2 aromatic carbocycles. The van der Waals surface area contributed by atoms with Crippen molar-refractivity contribution in [2.24, 2.45) is 11.3 Å². The van der Waals surface area contributed by atoms with E-state index in [4.69, 9.17) is 0 Å². The molecule has 3 rings (SSSR count). The highest BCUT2D eigenvalue weighted by Crippen LogP contribution is 2.30. The molecule has 1 aliphatic rings. The van der Waals surface area contributed by atoms with Crippen LogP contribution in [0.2, 0.25) is 0 Å². The lowest BCUT2D eigenvalue weighted by molar-refractivity contribution is -0.142. The van der Waals surface area contributed by atoms with Crippen molar-refractivity contribution in [2.45, 2.75) is 49.9 Å². The molecule has 1 aliphatic heterocycles. The number of carbonyl (C=O) groups excluding carboxylic acids is 2. The normalized spacial score (nSPS) is 17.1. The second-order valence-electron chi connectivity index (χ2n) is 8.58. The number of nitrogens with zero attached hydrogens (tertiary/aromatic N) is 1. The highest BCUT2D eigenvalue weighted by Gasteiger charge is 2.33. The van der Waals surface area contributed by atoms with E-state index in [1.807, 2.05) is 56.0 Å². The Bertz CT molecular complexity index is 845. The van der Waals surface area contributed by atoms with E-state index in [1.54, 1.807) is 11.8 Å². The molecular weight excluding hydrogens is 380 g/mol. The third-order valence-electron chi connectivity index (χ3n) is 5.12. The van der Waals surface area contributed by atoms with E-state index in [0.717, 1.165) is 29.8 Å².